The van der Waals surface area contributed by atoms with Crippen molar-refractivity contribution in [3.8, 4) is 0 Å². The fourth-order valence-corrected chi connectivity index (χ4v) is 3.79. The first-order valence-electron chi connectivity index (χ1n) is 10.7. The largest absolute Gasteiger partial charge is 1.00 e. The van der Waals surface area contributed by atoms with Crippen LogP contribution in [-0.4, -0.2) is 82.4 Å². The molecule has 8 nitrogen and oxygen atoms in total. The van der Waals surface area contributed by atoms with E-state index in [1.807, 2.05) is 59.5 Å². The van der Waals surface area contributed by atoms with Crippen molar-refractivity contribution in [2.45, 2.75) is 33.4 Å². The maximum Gasteiger partial charge on any atom is 1.00 e. The van der Waals surface area contributed by atoms with Gasteiger partial charge in [0.2, 0.25) is 6.21 Å². The van der Waals surface area contributed by atoms with Gasteiger partial charge < -0.3 is 12.6 Å². The summed E-state index contributed by atoms with van der Waals surface area (Å²) in [7, 11) is 4.00. The number of hydrogen-bond donors (Lipinski definition) is 2. The average Bonchev–Trinajstić information content (AvgIpc) is 3.06. The number of halogens is 1. The molecule has 188 valence electrons. The van der Waals surface area contributed by atoms with Crippen molar-refractivity contribution in [3.05, 3.63) is 35.6 Å². The van der Waals surface area contributed by atoms with E-state index in [2.05, 4.69) is 40.2 Å². The number of likely N-dealkylation sites (N-methyl/N-ethyl adjacent to an activating group) is 2. The van der Waals surface area contributed by atoms with Crippen molar-refractivity contribution in [2.75, 3.05) is 33.4 Å². The quantitative estimate of drug-likeness (QED) is 0.129. The predicted octanol–water partition coefficient (Wildman–Crippen LogP) is 2.07. The molecule has 1 heterocycles. The van der Waals surface area contributed by atoms with Crippen LogP contribution in [0, 0.1) is 5.82 Å². The van der Waals surface area contributed by atoms with Crippen molar-refractivity contribution in [3.63, 3.8) is 0 Å². The topological polar surface area (TPSA) is 79.5 Å². The molecule has 1 aromatic rings. The number of rotatable bonds is 8. The third-order valence-corrected chi connectivity index (χ3v) is 5.75. The van der Waals surface area contributed by atoms with E-state index in [4.69, 9.17) is 12.6 Å². The van der Waals surface area contributed by atoms with Crippen molar-refractivity contribution >= 4 is 58.1 Å². The second-order valence-corrected chi connectivity index (χ2v) is 8.43. The molecule has 0 aliphatic carbocycles. The SMILES string of the molecule is CCN=C([S-])N/N=C(C1=[N+](C)C(Cc2ccc(F)cc2)[N+](C)=C1)/C(C)=N/NC(=NCC)SC.[Cu+]. The second-order valence-electron chi connectivity index (χ2n) is 7.25. The van der Waals surface area contributed by atoms with Gasteiger partial charge in [0.15, 0.2) is 10.9 Å². The molecule has 0 radical (unpaired) electrons. The Balaban J connectivity index is 0.00000578. The Hall–Kier alpha value is -2.14. The van der Waals surface area contributed by atoms with Gasteiger partial charge in [-0.25, -0.2) is 4.39 Å². The van der Waals surface area contributed by atoms with Crippen LogP contribution >= 0.6 is 11.8 Å². The molecule has 1 aromatic carbocycles. The zero-order valence-electron chi connectivity index (χ0n) is 20.3. The van der Waals surface area contributed by atoms with Crippen LogP contribution in [0.25, 0.3) is 0 Å². The van der Waals surface area contributed by atoms with Gasteiger partial charge in [-0.2, -0.15) is 19.4 Å². The monoisotopic (exact) mass is 554 g/mol. The van der Waals surface area contributed by atoms with E-state index in [-0.39, 0.29) is 29.1 Å². The molecular weight excluding hydrogens is 523 g/mol. The first-order valence-corrected chi connectivity index (χ1v) is 12.3. The van der Waals surface area contributed by atoms with Crippen molar-refractivity contribution in [2.24, 2.45) is 20.2 Å². The number of hydrazone groups is 2. The van der Waals surface area contributed by atoms with Gasteiger partial charge in [0.25, 0.3) is 5.71 Å². The van der Waals surface area contributed by atoms with E-state index in [9.17, 15) is 4.39 Å². The minimum atomic E-state index is -0.241. The van der Waals surface area contributed by atoms with Gasteiger partial charge in [-0.15, -0.1) is 0 Å². The Morgan fingerprint density at radius 3 is 2.32 bits per heavy atom. The van der Waals surface area contributed by atoms with Crippen molar-refractivity contribution in [1.29, 1.82) is 0 Å². The van der Waals surface area contributed by atoms with E-state index in [1.165, 1.54) is 23.9 Å². The molecule has 0 amide bonds. The average molecular weight is 555 g/mol. The molecule has 12 heteroatoms. The van der Waals surface area contributed by atoms with E-state index in [1.54, 1.807) is 0 Å². The number of amidine groups is 2. The Morgan fingerprint density at radius 1 is 1.09 bits per heavy atom. The summed E-state index contributed by atoms with van der Waals surface area (Å²) in [5.74, 6) is -0.241. The molecule has 1 atom stereocenters. The molecule has 0 fully saturated rings. The van der Waals surface area contributed by atoms with Crippen molar-refractivity contribution in [1.82, 2.24) is 10.9 Å². The minimum absolute atomic E-state index is 0. The van der Waals surface area contributed by atoms with Gasteiger partial charge in [-0.05, 0) is 49.9 Å². The summed E-state index contributed by atoms with van der Waals surface area (Å²) in [6.45, 7) is 6.99. The van der Waals surface area contributed by atoms with Crippen LogP contribution in [0.3, 0.4) is 0 Å². The third kappa shape index (κ3) is 8.57. The first kappa shape index (κ1) is 29.9. The number of hydrogen-bond acceptors (Lipinski definition) is 6. The normalized spacial score (nSPS) is 17.5. The molecule has 0 aromatic heterocycles. The van der Waals surface area contributed by atoms with E-state index in [0.717, 1.165) is 16.4 Å². The Kier molecular flexibility index (Phi) is 13.2. The molecule has 0 bridgehead atoms. The van der Waals surface area contributed by atoms with Gasteiger partial charge in [-0.1, -0.05) is 23.9 Å². The van der Waals surface area contributed by atoms with E-state index < -0.39 is 0 Å². The summed E-state index contributed by atoms with van der Waals surface area (Å²) in [4.78, 5) is 8.54. The molecule has 1 aliphatic rings. The van der Waals surface area contributed by atoms with Gasteiger partial charge >= 0.3 is 23.2 Å². The van der Waals surface area contributed by atoms with Gasteiger partial charge in [0.05, 0.1) is 5.71 Å². The van der Waals surface area contributed by atoms with E-state index >= 15 is 0 Å². The molecule has 2 N–H and O–H groups in total. The molecule has 0 saturated heterocycles. The van der Waals surface area contributed by atoms with Crippen LogP contribution in [0.15, 0.2) is 44.5 Å². The van der Waals surface area contributed by atoms with Crippen LogP contribution in [0.2, 0.25) is 0 Å². The molecule has 0 saturated carbocycles. The summed E-state index contributed by atoms with van der Waals surface area (Å²) in [6.07, 6.45) is 4.71. The number of nitrogens with one attached hydrogen (secondary N) is 2. The zero-order chi connectivity index (χ0) is 24.4. The molecule has 0 spiro atoms. The molecule has 1 unspecified atom stereocenters. The smallest absolute Gasteiger partial charge is 0.741 e. The Labute approximate surface area is 221 Å². The predicted molar refractivity (Wildman–Crippen MR) is 141 cm³/mol. The van der Waals surface area contributed by atoms with Gasteiger partial charge in [0, 0.05) is 13.1 Å². The van der Waals surface area contributed by atoms with Crippen LogP contribution in [0.5, 0.6) is 0 Å². The molecule has 34 heavy (non-hydrogen) atoms. The Morgan fingerprint density at radius 2 is 1.74 bits per heavy atom. The van der Waals surface area contributed by atoms with Crippen molar-refractivity contribution < 1.29 is 30.6 Å². The van der Waals surface area contributed by atoms with Crippen LogP contribution in [0.1, 0.15) is 26.3 Å². The van der Waals surface area contributed by atoms with Gasteiger partial charge in [0.1, 0.15) is 26.3 Å². The maximum absolute atomic E-state index is 13.3. The summed E-state index contributed by atoms with van der Waals surface area (Å²) in [5.41, 5.74) is 9.07. The fraction of sp³-hybridized carbons (Fsp3) is 0.455. The molecule has 2 rings (SSSR count). The standard InChI is InChI=1S/C22H31FN8S2.Cu/c1-7-24-21(32)28-27-20(15(3)26-29-22(33-6)25-8-2)18-14-30(4)19(31(18)5)13-16-9-11-17(23)12-10-16;/h9-12,14,19H,7-8,13H2,1-6H3,(H,24,32);/q;+1/p+1. The molecular formula is C22H32CuFN8S2+2. The number of thioether (sulfide) groups is 1. The maximum atomic E-state index is 13.3. The number of aliphatic imine (C=N–C) groups is 2. The van der Waals surface area contributed by atoms with Crippen LogP contribution < -0.4 is 10.9 Å². The number of nitrogens with zero attached hydrogens (tertiary/aromatic N) is 6. The third-order valence-electron chi connectivity index (χ3n) is 4.92. The summed E-state index contributed by atoms with van der Waals surface area (Å²) in [5, 5.41) is 10.1. The number of benzene rings is 1. The van der Waals surface area contributed by atoms with Crippen LogP contribution in [0.4, 0.5) is 4.39 Å². The molecule has 1 aliphatic heterocycles. The minimum Gasteiger partial charge on any atom is -0.741 e. The summed E-state index contributed by atoms with van der Waals surface area (Å²) >= 11 is 6.72. The zero-order valence-corrected chi connectivity index (χ0v) is 22.8. The van der Waals surface area contributed by atoms with Gasteiger partial charge in [-0.3, -0.25) is 20.8 Å². The first-order chi connectivity index (χ1) is 15.8. The summed E-state index contributed by atoms with van der Waals surface area (Å²) < 4.78 is 17.5. The van der Waals surface area contributed by atoms with E-state index in [0.29, 0.717) is 36.1 Å². The van der Waals surface area contributed by atoms with Crippen LogP contribution in [-0.2, 0) is 36.1 Å². The second kappa shape index (κ2) is 15.0. The fourth-order valence-electron chi connectivity index (χ4n) is 3.22. The Bertz CT molecular complexity index is 1020. The summed E-state index contributed by atoms with van der Waals surface area (Å²) in [6, 6.07) is 6.59.